The third-order valence-electron chi connectivity index (χ3n) is 5.17. The highest BCUT2D eigenvalue weighted by molar-refractivity contribution is 7.13. The molecule has 4 aromatic rings. The van der Waals surface area contributed by atoms with Crippen LogP contribution in [0.5, 0.6) is 0 Å². The first-order chi connectivity index (χ1) is 15.6. The topological polar surface area (TPSA) is 45.2 Å². The average molecular weight is 442 g/mol. The van der Waals surface area contributed by atoms with Crippen molar-refractivity contribution < 1.29 is 4.79 Å². The summed E-state index contributed by atoms with van der Waals surface area (Å²) >= 11 is 1.57. The molecule has 0 unspecified atom stereocenters. The molecule has 32 heavy (non-hydrogen) atoms. The molecule has 4 nitrogen and oxygen atoms in total. The quantitative estimate of drug-likeness (QED) is 0.398. The van der Waals surface area contributed by atoms with E-state index >= 15 is 0 Å². The van der Waals surface area contributed by atoms with E-state index in [1.165, 1.54) is 5.56 Å². The van der Waals surface area contributed by atoms with Crippen LogP contribution in [0.4, 0.5) is 0 Å². The number of nitrogens with one attached hydrogen (secondary N) is 1. The Labute approximate surface area is 193 Å². The summed E-state index contributed by atoms with van der Waals surface area (Å²) in [6.45, 7) is 1.41. The zero-order chi connectivity index (χ0) is 22.3. The summed E-state index contributed by atoms with van der Waals surface area (Å²) in [5, 5.41) is 5.97. The van der Waals surface area contributed by atoms with Crippen molar-refractivity contribution in [2.75, 3.05) is 14.1 Å². The van der Waals surface area contributed by atoms with E-state index in [-0.39, 0.29) is 12.3 Å². The lowest BCUT2D eigenvalue weighted by molar-refractivity contribution is -0.120. The van der Waals surface area contributed by atoms with E-state index in [4.69, 9.17) is 0 Å². The van der Waals surface area contributed by atoms with Crippen molar-refractivity contribution in [3.8, 4) is 21.7 Å². The molecule has 162 valence electrons. The van der Waals surface area contributed by atoms with Gasteiger partial charge in [0.25, 0.3) is 0 Å². The minimum absolute atomic E-state index is 0.0222. The first kappa shape index (κ1) is 21.9. The molecule has 4 rings (SSSR count). The van der Waals surface area contributed by atoms with Crippen molar-refractivity contribution in [3.05, 3.63) is 101 Å². The standard InChI is InChI=1S/C27H27N3OS/c1-30(2)18-20-12-14-21(15-13-20)25-11-7-6-10-23(25)17-28-26(31)16-24-19-32-27(29-24)22-8-4-3-5-9-22/h3-15,19H,16-18H2,1-2H3,(H,28,31). The van der Waals surface area contributed by atoms with Crippen molar-refractivity contribution in [1.29, 1.82) is 0 Å². The highest BCUT2D eigenvalue weighted by Crippen LogP contribution is 2.25. The lowest BCUT2D eigenvalue weighted by Crippen LogP contribution is -2.25. The van der Waals surface area contributed by atoms with Gasteiger partial charge < -0.3 is 10.2 Å². The summed E-state index contributed by atoms with van der Waals surface area (Å²) in [6.07, 6.45) is 0.282. The van der Waals surface area contributed by atoms with E-state index in [2.05, 4.69) is 65.7 Å². The third kappa shape index (κ3) is 5.69. The van der Waals surface area contributed by atoms with Gasteiger partial charge in [-0.2, -0.15) is 0 Å². The van der Waals surface area contributed by atoms with Crippen LogP contribution in [0.15, 0.2) is 84.2 Å². The Bertz CT molecular complexity index is 1170. The van der Waals surface area contributed by atoms with Crippen LogP contribution in [0.2, 0.25) is 0 Å². The number of carbonyl (C=O) groups excluding carboxylic acids is 1. The van der Waals surface area contributed by atoms with Crippen LogP contribution in [0.1, 0.15) is 16.8 Å². The number of amides is 1. The van der Waals surface area contributed by atoms with Crippen LogP contribution < -0.4 is 5.32 Å². The molecule has 1 N–H and O–H groups in total. The molecule has 3 aromatic carbocycles. The molecule has 0 saturated heterocycles. The lowest BCUT2D eigenvalue weighted by atomic mass is 9.98. The van der Waals surface area contributed by atoms with Crippen molar-refractivity contribution >= 4 is 17.2 Å². The molecular weight excluding hydrogens is 414 g/mol. The molecule has 1 aromatic heterocycles. The number of nitrogens with zero attached hydrogens (tertiary/aromatic N) is 2. The summed E-state index contributed by atoms with van der Waals surface area (Å²) in [5.74, 6) is -0.0222. The maximum atomic E-state index is 12.6. The van der Waals surface area contributed by atoms with Crippen LogP contribution in [0.25, 0.3) is 21.7 Å². The molecule has 1 heterocycles. The molecule has 0 bridgehead atoms. The average Bonchev–Trinajstić information content (AvgIpc) is 3.27. The van der Waals surface area contributed by atoms with Gasteiger partial charge in [0, 0.05) is 24.0 Å². The number of aromatic nitrogens is 1. The maximum absolute atomic E-state index is 12.6. The van der Waals surface area contributed by atoms with Crippen LogP contribution >= 0.6 is 11.3 Å². The second-order valence-electron chi connectivity index (χ2n) is 8.06. The fourth-order valence-electron chi connectivity index (χ4n) is 3.63. The van der Waals surface area contributed by atoms with Gasteiger partial charge in [-0.25, -0.2) is 4.98 Å². The van der Waals surface area contributed by atoms with Gasteiger partial charge in [-0.05, 0) is 36.3 Å². The monoisotopic (exact) mass is 441 g/mol. The summed E-state index contributed by atoms with van der Waals surface area (Å²) in [5.41, 5.74) is 6.56. The number of rotatable bonds is 8. The van der Waals surface area contributed by atoms with Crippen LogP contribution in [0.3, 0.4) is 0 Å². The SMILES string of the molecule is CN(C)Cc1ccc(-c2ccccc2CNC(=O)Cc2csc(-c3ccccc3)n2)cc1. The van der Waals surface area contributed by atoms with Crippen molar-refractivity contribution in [2.45, 2.75) is 19.5 Å². The van der Waals surface area contributed by atoms with E-state index in [1.54, 1.807) is 11.3 Å². The zero-order valence-corrected chi connectivity index (χ0v) is 19.2. The van der Waals surface area contributed by atoms with Crippen LogP contribution in [-0.2, 0) is 24.3 Å². The zero-order valence-electron chi connectivity index (χ0n) is 18.4. The van der Waals surface area contributed by atoms with Crippen LogP contribution in [0, 0.1) is 0 Å². The largest absolute Gasteiger partial charge is 0.352 e. The molecule has 0 fully saturated rings. The summed E-state index contributed by atoms with van der Waals surface area (Å²) in [7, 11) is 4.14. The van der Waals surface area contributed by atoms with Gasteiger partial charge in [0.2, 0.25) is 5.91 Å². The molecule has 0 spiro atoms. The van der Waals surface area contributed by atoms with Gasteiger partial charge in [-0.15, -0.1) is 11.3 Å². The molecule has 5 heteroatoms. The molecule has 0 aliphatic heterocycles. The summed E-state index contributed by atoms with van der Waals surface area (Å²) < 4.78 is 0. The Hall–Kier alpha value is -3.28. The Kier molecular flexibility index (Phi) is 7.10. The number of benzene rings is 3. The highest BCUT2D eigenvalue weighted by Gasteiger charge is 2.11. The fourth-order valence-corrected chi connectivity index (χ4v) is 4.46. The Morgan fingerprint density at radius 3 is 2.38 bits per heavy atom. The van der Waals surface area contributed by atoms with Gasteiger partial charge in [0.15, 0.2) is 0 Å². The molecule has 1 amide bonds. The second kappa shape index (κ2) is 10.4. The number of carbonyl (C=O) groups is 1. The molecule has 0 aliphatic carbocycles. The lowest BCUT2D eigenvalue weighted by Gasteiger charge is -2.13. The van der Waals surface area contributed by atoms with Gasteiger partial charge in [0.05, 0.1) is 12.1 Å². The molecule has 0 radical (unpaired) electrons. The van der Waals surface area contributed by atoms with E-state index < -0.39 is 0 Å². The number of thiazole rings is 1. The van der Waals surface area contributed by atoms with Gasteiger partial charge in [0.1, 0.15) is 5.01 Å². The first-order valence-corrected chi connectivity index (χ1v) is 11.5. The predicted octanol–water partition coefficient (Wildman–Crippen LogP) is 5.40. The van der Waals surface area contributed by atoms with E-state index in [0.29, 0.717) is 6.54 Å². The number of hydrogen-bond donors (Lipinski definition) is 1. The van der Waals surface area contributed by atoms with Gasteiger partial charge >= 0.3 is 0 Å². The summed E-state index contributed by atoms with van der Waals surface area (Å²) in [6, 6.07) is 26.9. The Balaban J connectivity index is 1.39. The molecular formula is C27H27N3OS. The number of hydrogen-bond acceptors (Lipinski definition) is 4. The summed E-state index contributed by atoms with van der Waals surface area (Å²) in [4.78, 5) is 19.4. The maximum Gasteiger partial charge on any atom is 0.226 e. The van der Waals surface area contributed by atoms with E-state index in [0.717, 1.165) is 39.5 Å². The molecule has 0 aliphatic rings. The van der Waals surface area contributed by atoms with E-state index in [1.807, 2.05) is 47.8 Å². The van der Waals surface area contributed by atoms with Gasteiger partial charge in [-0.3, -0.25) is 4.79 Å². The van der Waals surface area contributed by atoms with Crippen LogP contribution in [-0.4, -0.2) is 29.9 Å². The Morgan fingerprint density at radius 1 is 0.906 bits per heavy atom. The normalized spacial score (nSPS) is 11.0. The Morgan fingerprint density at radius 2 is 1.62 bits per heavy atom. The van der Waals surface area contributed by atoms with E-state index in [9.17, 15) is 4.79 Å². The van der Waals surface area contributed by atoms with Gasteiger partial charge in [-0.1, -0.05) is 78.9 Å². The minimum atomic E-state index is -0.0222. The fraction of sp³-hybridized carbons (Fsp3) is 0.185. The molecule has 0 saturated carbocycles. The smallest absolute Gasteiger partial charge is 0.226 e. The third-order valence-corrected chi connectivity index (χ3v) is 6.11. The first-order valence-electron chi connectivity index (χ1n) is 10.7. The van der Waals surface area contributed by atoms with Crippen molar-refractivity contribution in [2.24, 2.45) is 0 Å². The highest BCUT2D eigenvalue weighted by atomic mass is 32.1. The van der Waals surface area contributed by atoms with Crippen molar-refractivity contribution in [1.82, 2.24) is 15.2 Å². The predicted molar refractivity (Wildman–Crippen MR) is 132 cm³/mol. The minimum Gasteiger partial charge on any atom is -0.352 e. The molecule has 0 atom stereocenters. The van der Waals surface area contributed by atoms with Crippen molar-refractivity contribution in [3.63, 3.8) is 0 Å². The second-order valence-corrected chi connectivity index (χ2v) is 8.91.